The lowest BCUT2D eigenvalue weighted by Gasteiger charge is -2.16. The quantitative estimate of drug-likeness (QED) is 0.858. The Kier molecular flexibility index (Phi) is 4.77. The SMILES string of the molecule is CCc1cccc(C)c1NC(=O)CC(=O)N1CCCC1. The van der Waals surface area contributed by atoms with E-state index in [0.29, 0.717) is 0 Å². The number of nitrogens with one attached hydrogen (secondary N) is 1. The Labute approximate surface area is 120 Å². The zero-order chi connectivity index (χ0) is 14.5. The van der Waals surface area contributed by atoms with Crippen LogP contribution in [-0.4, -0.2) is 29.8 Å². The van der Waals surface area contributed by atoms with Crippen LogP contribution in [0.5, 0.6) is 0 Å². The van der Waals surface area contributed by atoms with Crippen LogP contribution in [0, 0.1) is 6.92 Å². The van der Waals surface area contributed by atoms with Gasteiger partial charge in [0.25, 0.3) is 0 Å². The zero-order valence-electron chi connectivity index (χ0n) is 12.2. The van der Waals surface area contributed by atoms with E-state index in [0.717, 1.165) is 49.2 Å². The minimum atomic E-state index is -0.217. The van der Waals surface area contributed by atoms with Crippen molar-refractivity contribution in [2.75, 3.05) is 18.4 Å². The minimum absolute atomic E-state index is 0.0580. The van der Waals surface area contributed by atoms with Crippen molar-refractivity contribution in [2.24, 2.45) is 0 Å². The van der Waals surface area contributed by atoms with Gasteiger partial charge in [-0.15, -0.1) is 0 Å². The number of hydrogen-bond acceptors (Lipinski definition) is 2. The van der Waals surface area contributed by atoms with Gasteiger partial charge in [0.1, 0.15) is 6.42 Å². The number of nitrogens with zero attached hydrogens (tertiary/aromatic N) is 1. The van der Waals surface area contributed by atoms with E-state index in [2.05, 4.69) is 12.2 Å². The number of anilines is 1. The van der Waals surface area contributed by atoms with E-state index < -0.39 is 0 Å². The molecule has 20 heavy (non-hydrogen) atoms. The second-order valence-electron chi connectivity index (χ2n) is 5.28. The van der Waals surface area contributed by atoms with Gasteiger partial charge in [-0.25, -0.2) is 0 Å². The Balaban J connectivity index is 1.99. The molecule has 0 saturated carbocycles. The summed E-state index contributed by atoms with van der Waals surface area (Å²) in [5, 5.41) is 2.90. The average molecular weight is 274 g/mol. The van der Waals surface area contributed by atoms with Crippen LogP contribution in [0.1, 0.15) is 37.3 Å². The molecular weight excluding hydrogens is 252 g/mol. The maximum atomic E-state index is 12.0. The standard InChI is InChI=1S/C16H22N2O2/c1-3-13-8-6-7-12(2)16(13)17-14(19)11-15(20)18-9-4-5-10-18/h6-8H,3-5,9-11H2,1-2H3,(H,17,19). The fraction of sp³-hybridized carbons (Fsp3) is 0.500. The highest BCUT2D eigenvalue weighted by molar-refractivity contribution is 6.04. The second kappa shape index (κ2) is 6.55. The third-order valence-electron chi connectivity index (χ3n) is 3.77. The summed E-state index contributed by atoms with van der Waals surface area (Å²) in [6.07, 6.45) is 2.89. The number of carbonyl (C=O) groups excluding carboxylic acids is 2. The van der Waals surface area contributed by atoms with Crippen molar-refractivity contribution in [1.29, 1.82) is 0 Å². The fourth-order valence-electron chi connectivity index (χ4n) is 2.60. The molecule has 1 N–H and O–H groups in total. The lowest BCUT2D eigenvalue weighted by Crippen LogP contribution is -2.31. The average Bonchev–Trinajstić information content (AvgIpc) is 2.95. The smallest absolute Gasteiger partial charge is 0.233 e. The monoisotopic (exact) mass is 274 g/mol. The van der Waals surface area contributed by atoms with Crippen molar-refractivity contribution in [3.63, 3.8) is 0 Å². The first-order chi connectivity index (χ1) is 9.61. The third-order valence-corrected chi connectivity index (χ3v) is 3.77. The van der Waals surface area contributed by atoms with Crippen LogP contribution < -0.4 is 5.32 Å². The topological polar surface area (TPSA) is 49.4 Å². The summed E-state index contributed by atoms with van der Waals surface area (Å²) in [5.74, 6) is -0.280. The summed E-state index contributed by atoms with van der Waals surface area (Å²) in [4.78, 5) is 25.8. The fourth-order valence-corrected chi connectivity index (χ4v) is 2.60. The summed E-state index contributed by atoms with van der Waals surface area (Å²) >= 11 is 0. The van der Waals surface area contributed by atoms with Crippen LogP contribution >= 0.6 is 0 Å². The third kappa shape index (κ3) is 3.38. The van der Waals surface area contributed by atoms with Gasteiger partial charge in [-0.3, -0.25) is 9.59 Å². The van der Waals surface area contributed by atoms with E-state index in [1.807, 2.05) is 25.1 Å². The number of likely N-dealkylation sites (tertiary alicyclic amines) is 1. The molecule has 0 radical (unpaired) electrons. The van der Waals surface area contributed by atoms with Gasteiger partial charge in [-0.05, 0) is 37.3 Å². The van der Waals surface area contributed by atoms with E-state index >= 15 is 0 Å². The first-order valence-electron chi connectivity index (χ1n) is 7.28. The molecule has 2 amide bonds. The molecule has 4 nitrogen and oxygen atoms in total. The number of amides is 2. The normalized spacial score (nSPS) is 14.4. The van der Waals surface area contributed by atoms with Crippen LogP contribution in [0.15, 0.2) is 18.2 Å². The van der Waals surface area contributed by atoms with Crippen LogP contribution in [-0.2, 0) is 16.0 Å². The lowest BCUT2D eigenvalue weighted by atomic mass is 10.1. The summed E-state index contributed by atoms with van der Waals surface area (Å²) in [7, 11) is 0. The van der Waals surface area contributed by atoms with Crippen molar-refractivity contribution in [3.05, 3.63) is 29.3 Å². The van der Waals surface area contributed by atoms with Gasteiger partial charge in [0.2, 0.25) is 11.8 Å². The van der Waals surface area contributed by atoms with Gasteiger partial charge in [-0.2, -0.15) is 0 Å². The minimum Gasteiger partial charge on any atom is -0.342 e. The first kappa shape index (κ1) is 14.6. The van der Waals surface area contributed by atoms with Crippen molar-refractivity contribution in [3.8, 4) is 0 Å². The molecule has 0 bridgehead atoms. The largest absolute Gasteiger partial charge is 0.342 e. The van der Waals surface area contributed by atoms with Gasteiger partial charge in [0.05, 0.1) is 0 Å². The highest BCUT2D eigenvalue weighted by Crippen LogP contribution is 2.21. The molecule has 4 heteroatoms. The van der Waals surface area contributed by atoms with Crippen molar-refractivity contribution < 1.29 is 9.59 Å². The van der Waals surface area contributed by atoms with Gasteiger partial charge >= 0.3 is 0 Å². The van der Waals surface area contributed by atoms with Crippen molar-refractivity contribution >= 4 is 17.5 Å². The Hall–Kier alpha value is -1.84. The lowest BCUT2D eigenvalue weighted by molar-refractivity contribution is -0.133. The first-order valence-corrected chi connectivity index (χ1v) is 7.28. The molecule has 1 aliphatic heterocycles. The number of rotatable bonds is 4. The number of benzene rings is 1. The maximum Gasteiger partial charge on any atom is 0.233 e. The number of hydrogen-bond donors (Lipinski definition) is 1. The molecule has 1 aliphatic rings. The Morgan fingerprint density at radius 3 is 2.60 bits per heavy atom. The van der Waals surface area contributed by atoms with Crippen LogP contribution in [0.2, 0.25) is 0 Å². The molecule has 0 unspecified atom stereocenters. The van der Waals surface area contributed by atoms with Gasteiger partial charge in [0, 0.05) is 18.8 Å². The summed E-state index contributed by atoms with van der Waals surface area (Å²) in [6.45, 7) is 5.60. The molecule has 1 aromatic rings. The second-order valence-corrected chi connectivity index (χ2v) is 5.28. The van der Waals surface area contributed by atoms with Gasteiger partial charge in [0.15, 0.2) is 0 Å². The zero-order valence-corrected chi connectivity index (χ0v) is 12.2. The van der Waals surface area contributed by atoms with Crippen LogP contribution in [0.25, 0.3) is 0 Å². The van der Waals surface area contributed by atoms with Crippen LogP contribution in [0.3, 0.4) is 0 Å². The molecule has 1 saturated heterocycles. The molecule has 0 aromatic heterocycles. The highest BCUT2D eigenvalue weighted by Gasteiger charge is 2.20. The predicted octanol–water partition coefficient (Wildman–Crippen LogP) is 2.51. The molecule has 2 rings (SSSR count). The molecule has 1 fully saturated rings. The molecule has 0 spiro atoms. The van der Waals surface area contributed by atoms with E-state index in [1.54, 1.807) is 4.90 Å². The summed E-state index contributed by atoms with van der Waals surface area (Å²) in [5.41, 5.74) is 2.99. The summed E-state index contributed by atoms with van der Waals surface area (Å²) in [6, 6.07) is 5.96. The molecule has 0 aliphatic carbocycles. The van der Waals surface area contributed by atoms with Gasteiger partial charge < -0.3 is 10.2 Å². The number of para-hydroxylation sites is 1. The summed E-state index contributed by atoms with van der Waals surface area (Å²) < 4.78 is 0. The molecule has 1 aromatic carbocycles. The molecule has 108 valence electrons. The molecule has 1 heterocycles. The van der Waals surface area contributed by atoms with E-state index in [4.69, 9.17) is 0 Å². The van der Waals surface area contributed by atoms with Gasteiger partial charge in [-0.1, -0.05) is 25.1 Å². The number of carbonyl (C=O) groups is 2. The van der Waals surface area contributed by atoms with Crippen LogP contribution in [0.4, 0.5) is 5.69 Å². The highest BCUT2D eigenvalue weighted by atomic mass is 16.2. The Morgan fingerprint density at radius 1 is 1.25 bits per heavy atom. The molecular formula is C16H22N2O2. The Bertz CT molecular complexity index is 505. The number of aryl methyl sites for hydroxylation is 2. The van der Waals surface area contributed by atoms with Crippen molar-refractivity contribution in [2.45, 2.75) is 39.5 Å². The van der Waals surface area contributed by atoms with E-state index in [-0.39, 0.29) is 18.2 Å². The van der Waals surface area contributed by atoms with E-state index in [9.17, 15) is 9.59 Å². The predicted molar refractivity (Wildman–Crippen MR) is 79.6 cm³/mol. The maximum absolute atomic E-state index is 12.0. The van der Waals surface area contributed by atoms with Crippen molar-refractivity contribution in [1.82, 2.24) is 4.90 Å². The van der Waals surface area contributed by atoms with E-state index in [1.165, 1.54) is 0 Å². The molecule has 0 atom stereocenters. The Morgan fingerprint density at radius 2 is 1.95 bits per heavy atom.